The number of aromatic nitrogens is 3. The first kappa shape index (κ1) is 17.7. The summed E-state index contributed by atoms with van der Waals surface area (Å²) in [5.74, 6) is 0.815. The van der Waals surface area contributed by atoms with Gasteiger partial charge in [0.05, 0.1) is 18.4 Å². The summed E-state index contributed by atoms with van der Waals surface area (Å²) in [6, 6.07) is 7.60. The Morgan fingerprint density at radius 3 is 3.00 bits per heavy atom. The highest BCUT2D eigenvalue weighted by atomic mass is 32.2. The Kier molecular flexibility index (Phi) is 5.88. The van der Waals surface area contributed by atoms with E-state index in [4.69, 9.17) is 0 Å². The number of thioether (sulfide) groups is 1. The van der Waals surface area contributed by atoms with Crippen LogP contribution < -0.4 is 5.32 Å². The highest BCUT2D eigenvalue weighted by Gasteiger charge is 2.09. The Bertz CT molecular complexity index is 856. The van der Waals surface area contributed by atoms with Crippen LogP contribution in [0.25, 0.3) is 11.1 Å². The van der Waals surface area contributed by atoms with Crippen molar-refractivity contribution in [2.75, 3.05) is 6.26 Å². The second-order valence-electron chi connectivity index (χ2n) is 5.51. The van der Waals surface area contributed by atoms with Crippen molar-refractivity contribution in [1.29, 1.82) is 0 Å². The third-order valence-corrected chi connectivity index (χ3v) is 5.35. The van der Waals surface area contributed by atoms with Gasteiger partial charge in [-0.3, -0.25) is 9.48 Å². The van der Waals surface area contributed by atoms with Gasteiger partial charge in [0.2, 0.25) is 0 Å². The molecule has 130 valence electrons. The lowest BCUT2D eigenvalue weighted by Crippen LogP contribution is -2.22. The van der Waals surface area contributed by atoms with Gasteiger partial charge in [-0.05, 0) is 30.9 Å². The summed E-state index contributed by atoms with van der Waals surface area (Å²) in [7, 11) is 0. The molecule has 0 saturated carbocycles. The Morgan fingerprint density at radius 1 is 1.36 bits per heavy atom. The summed E-state index contributed by atoms with van der Waals surface area (Å²) in [6.07, 6.45) is 5.86. The maximum atomic E-state index is 12.4. The van der Waals surface area contributed by atoms with Crippen LogP contribution in [0.3, 0.4) is 0 Å². The largest absolute Gasteiger partial charge is 0.346 e. The van der Waals surface area contributed by atoms with Crippen molar-refractivity contribution in [3.8, 4) is 11.1 Å². The molecule has 3 aromatic rings. The summed E-state index contributed by atoms with van der Waals surface area (Å²) in [5.41, 5.74) is 3.55. The van der Waals surface area contributed by atoms with Gasteiger partial charge in [0, 0.05) is 35.0 Å². The number of aryl methyl sites for hydroxylation is 1. The molecule has 1 amide bonds. The van der Waals surface area contributed by atoms with Crippen molar-refractivity contribution in [2.24, 2.45) is 0 Å². The molecule has 5 nitrogen and oxygen atoms in total. The molecule has 0 aliphatic rings. The van der Waals surface area contributed by atoms with E-state index in [1.807, 2.05) is 53.6 Å². The fourth-order valence-corrected chi connectivity index (χ4v) is 3.93. The fourth-order valence-electron chi connectivity index (χ4n) is 2.42. The molecule has 0 fully saturated rings. The molecular weight excluding hydrogens is 352 g/mol. The number of thiazole rings is 1. The normalized spacial score (nSPS) is 10.8. The van der Waals surface area contributed by atoms with Crippen LogP contribution in [-0.2, 0) is 18.8 Å². The van der Waals surface area contributed by atoms with Crippen molar-refractivity contribution in [1.82, 2.24) is 20.1 Å². The lowest BCUT2D eigenvalue weighted by Gasteiger charge is -2.05. The molecule has 1 N–H and O–H groups in total. The summed E-state index contributed by atoms with van der Waals surface area (Å²) < 4.78 is 1.87. The number of carbonyl (C=O) groups is 1. The SMILES string of the molecule is CCn1cc(-c2cccc(C(=O)NCc3csc(CSC)n3)c2)cn1. The third-order valence-electron chi connectivity index (χ3n) is 3.71. The smallest absolute Gasteiger partial charge is 0.251 e. The van der Waals surface area contributed by atoms with E-state index < -0.39 is 0 Å². The Balaban J connectivity index is 1.66. The minimum atomic E-state index is -0.0934. The number of amides is 1. The number of hydrogen-bond acceptors (Lipinski definition) is 5. The van der Waals surface area contributed by atoms with Gasteiger partial charge >= 0.3 is 0 Å². The minimum Gasteiger partial charge on any atom is -0.346 e. The van der Waals surface area contributed by atoms with Crippen LogP contribution in [0.1, 0.15) is 28.0 Å². The van der Waals surface area contributed by atoms with E-state index >= 15 is 0 Å². The van der Waals surface area contributed by atoms with Gasteiger partial charge in [0.1, 0.15) is 5.01 Å². The maximum Gasteiger partial charge on any atom is 0.251 e. The molecule has 2 aromatic heterocycles. The van der Waals surface area contributed by atoms with Gasteiger partial charge in [-0.15, -0.1) is 11.3 Å². The van der Waals surface area contributed by atoms with Gasteiger partial charge < -0.3 is 5.32 Å². The average Bonchev–Trinajstić information content (AvgIpc) is 3.29. The molecule has 0 aliphatic carbocycles. The molecule has 2 heterocycles. The lowest BCUT2D eigenvalue weighted by atomic mass is 10.1. The topological polar surface area (TPSA) is 59.8 Å². The van der Waals surface area contributed by atoms with E-state index in [1.54, 1.807) is 23.1 Å². The van der Waals surface area contributed by atoms with Crippen molar-refractivity contribution in [2.45, 2.75) is 25.8 Å². The number of benzene rings is 1. The molecule has 0 atom stereocenters. The Labute approximate surface area is 155 Å². The standard InChI is InChI=1S/C18H20N4OS2/c1-3-22-10-15(8-20-22)13-5-4-6-14(7-13)18(23)19-9-16-11-25-17(21-16)12-24-2/h4-8,10-11H,3,9,12H2,1-2H3,(H,19,23). The Morgan fingerprint density at radius 2 is 2.24 bits per heavy atom. The van der Waals surface area contributed by atoms with E-state index in [2.05, 4.69) is 21.7 Å². The first-order valence-electron chi connectivity index (χ1n) is 8.03. The molecule has 0 saturated heterocycles. The zero-order valence-electron chi connectivity index (χ0n) is 14.2. The van der Waals surface area contributed by atoms with E-state index in [9.17, 15) is 4.79 Å². The predicted octanol–water partition coefficient (Wildman–Crippen LogP) is 3.82. The molecule has 7 heteroatoms. The van der Waals surface area contributed by atoms with Crippen LogP contribution in [0.4, 0.5) is 0 Å². The second kappa shape index (κ2) is 8.31. The number of nitrogens with zero attached hydrogens (tertiary/aromatic N) is 3. The predicted molar refractivity (Wildman–Crippen MR) is 104 cm³/mol. The number of carbonyl (C=O) groups excluding carboxylic acids is 1. The molecular formula is C18H20N4OS2. The molecule has 0 unspecified atom stereocenters. The number of nitrogens with one attached hydrogen (secondary N) is 1. The molecule has 25 heavy (non-hydrogen) atoms. The van der Waals surface area contributed by atoms with Gasteiger partial charge in [-0.2, -0.15) is 16.9 Å². The zero-order chi connectivity index (χ0) is 17.6. The number of hydrogen-bond donors (Lipinski definition) is 1. The van der Waals surface area contributed by atoms with Crippen LogP contribution in [0.2, 0.25) is 0 Å². The van der Waals surface area contributed by atoms with Crippen molar-refractivity contribution in [3.63, 3.8) is 0 Å². The molecule has 0 bridgehead atoms. The highest BCUT2D eigenvalue weighted by Crippen LogP contribution is 2.20. The molecule has 3 rings (SSSR count). The fraction of sp³-hybridized carbons (Fsp3) is 0.278. The lowest BCUT2D eigenvalue weighted by molar-refractivity contribution is 0.0950. The van der Waals surface area contributed by atoms with Crippen LogP contribution in [0.5, 0.6) is 0 Å². The van der Waals surface area contributed by atoms with Gasteiger partial charge in [-0.1, -0.05) is 12.1 Å². The van der Waals surface area contributed by atoms with Crippen molar-refractivity contribution < 1.29 is 4.79 Å². The molecule has 1 aromatic carbocycles. The first-order chi connectivity index (χ1) is 12.2. The summed E-state index contributed by atoms with van der Waals surface area (Å²) in [4.78, 5) is 16.9. The average molecular weight is 373 g/mol. The van der Waals surface area contributed by atoms with Crippen LogP contribution in [-0.4, -0.2) is 26.9 Å². The van der Waals surface area contributed by atoms with E-state index in [-0.39, 0.29) is 5.91 Å². The molecule has 0 aliphatic heterocycles. The van der Waals surface area contributed by atoms with Gasteiger partial charge in [0.25, 0.3) is 5.91 Å². The quantitative estimate of drug-likeness (QED) is 0.685. The highest BCUT2D eigenvalue weighted by molar-refractivity contribution is 7.97. The molecule has 0 radical (unpaired) electrons. The third kappa shape index (κ3) is 4.49. The van der Waals surface area contributed by atoms with Gasteiger partial charge in [-0.25, -0.2) is 4.98 Å². The van der Waals surface area contributed by atoms with E-state index in [0.717, 1.165) is 34.1 Å². The van der Waals surface area contributed by atoms with E-state index in [0.29, 0.717) is 12.1 Å². The van der Waals surface area contributed by atoms with Crippen LogP contribution in [0.15, 0.2) is 42.0 Å². The van der Waals surface area contributed by atoms with E-state index in [1.165, 1.54) is 0 Å². The van der Waals surface area contributed by atoms with Crippen molar-refractivity contribution >= 4 is 29.0 Å². The second-order valence-corrected chi connectivity index (χ2v) is 7.32. The zero-order valence-corrected chi connectivity index (χ0v) is 15.9. The maximum absolute atomic E-state index is 12.4. The van der Waals surface area contributed by atoms with Crippen LogP contribution >= 0.6 is 23.1 Å². The monoisotopic (exact) mass is 372 g/mol. The van der Waals surface area contributed by atoms with Gasteiger partial charge in [0.15, 0.2) is 0 Å². The van der Waals surface area contributed by atoms with Crippen molar-refractivity contribution in [3.05, 3.63) is 58.3 Å². The number of rotatable bonds is 7. The molecule has 0 spiro atoms. The summed E-state index contributed by atoms with van der Waals surface area (Å²) in [5, 5.41) is 10.3. The summed E-state index contributed by atoms with van der Waals surface area (Å²) in [6.45, 7) is 3.32. The first-order valence-corrected chi connectivity index (χ1v) is 10.3. The van der Waals surface area contributed by atoms with Crippen LogP contribution in [0, 0.1) is 0 Å². The minimum absolute atomic E-state index is 0.0934. The summed E-state index contributed by atoms with van der Waals surface area (Å²) >= 11 is 3.38. The Hall–Kier alpha value is -2.12.